The van der Waals surface area contributed by atoms with Gasteiger partial charge in [0.05, 0.1) is 6.61 Å². The van der Waals surface area contributed by atoms with E-state index in [9.17, 15) is 0 Å². The highest BCUT2D eigenvalue weighted by Crippen LogP contribution is 2.28. The second kappa shape index (κ2) is 8.25. The highest BCUT2D eigenvalue weighted by Gasteiger charge is 2.20. The van der Waals surface area contributed by atoms with Gasteiger partial charge in [-0.3, -0.25) is 0 Å². The summed E-state index contributed by atoms with van der Waals surface area (Å²) in [4.78, 5) is 0. The van der Waals surface area contributed by atoms with E-state index in [-0.39, 0.29) is 0 Å². The molecule has 0 unspecified atom stereocenters. The van der Waals surface area contributed by atoms with Crippen LogP contribution in [0.3, 0.4) is 0 Å². The van der Waals surface area contributed by atoms with Crippen LogP contribution in [0.5, 0.6) is 0 Å². The minimum absolute atomic E-state index is 0.893. The van der Waals surface area contributed by atoms with Gasteiger partial charge in [-0.05, 0) is 31.7 Å². The van der Waals surface area contributed by atoms with Crippen LogP contribution in [0.4, 0.5) is 0 Å². The summed E-state index contributed by atoms with van der Waals surface area (Å²) in [6, 6.07) is 0. The Balaban J connectivity index is 1.63. The van der Waals surface area contributed by atoms with Crippen LogP contribution in [-0.2, 0) is 4.74 Å². The largest absolute Gasteiger partial charge is 0.380 e. The Morgan fingerprint density at radius 3 is 2.71 bits per heavy atom. The molecular formula is C12H25NO. The first-order valence-electron chi connectivity index (χ1n) is 6.22. The molecule has 1 N–H and O–H groups in total. The fraction of sp³-hybridized carbons (Fsp3) is 1.00. The summed E-state index contributed by atoms with van der Waals surface area (Å²) in [6.07, 6.45) is 8.17. The number of ether oxygens (including phenoxy) is 1. The van der Waals surface area contributed by atoms with Crippen molar-refractivity contribution in [2.75, 3.05) is 26.3 Å². The molecule has 1 aliphatic carbocycles. The Labute approximate surface area is 88.4 Å². The molecule has 0 aromatic heterocycles. The molecule has 1 rings (SSSR count). The van der Waals surface area contributed by atoms with E-state index in [1.54, 1.807) is 0 Å². The van der Waals surface area contributed by atoms with Gasteiger partial charge in [0.1, 0.15) is 0 Å². The summed E-state index contributed by atoms with van der Waals surface area (Å²) in [5, 5.41) is 3.41. The molecule has 0 spiro atoms. The van der Waals surface area contributed by atoms with Gasteiger partial charge in [0.2, 0.25) is 0 Å². The van der Waals surface area contributed by atoms with Gasteiger partial charge in [0.25, 0.3) is 0 Å². The second-order valence-corrected chi connectivity index (χ2v) is 4.33. The van der Waals surface area contributed by atoms with Crippen molar-refractivity contribution in [3.8, 4) is 0 Å². The molecule has 0 radical (unpaired) electrons. The van der Waals surface area contributed by atoms with Crippen molar-refractivity contribution in [1.29, 1.82) is 0 Å². The predicted octanol–water partition coefficient (Wildman–Crippen LogP) is 2.58. The maximum absolute atomic E-state index is 5.52. The Kier molecular flexibility index (Phi) is 7.06. The van der Waals surface area contributed by atoms with Gasteiger partial charge in [-0.25, -0.2) is 0 Å². The summed E-state index contributed by atoms with van der Waals surface area (Å²) >= 11 is 0. The van der Waals surface area contributed by atoms with Crippen molar-refractivity contribution in [3.05, 3.63) is 0 Å². The molecule has 0 bridgehead atoms. The van der Waals surface area contributed by atoms with Crippen LogP contribution >= 0.6 is 0 Å². The molecule has 84 valence electrons. The number of hydrogen-bond donors (Lipinski definition) is 1. The lowest BCUT2D eigenvalue weighted by Crippen LogP contribution is -2.21. The zero-order valence-electron chi connectivity index (χ0n) is 9.56. The molecule has 1 aliphatic rings. The first-order chi connectivity index (χ1) is 6.93. The molecule has 14 heavy (non-hydrogen) atoms. The van der Waals surface area contributed by atoms with E-state index in [4.69, 9.17) is 4.74 Å². The van der Waals surface area contributed by atoms with Gasteiger partial charge < -0.3 is 10.1 Å². The zero-order chi connectivity index (χ0) is 10.1. The van der Waals surface area contributed by atoms with Crippen LogP contribution < -0.4 is 5.32 Å². The number of nitrogens with one attached hydrogen (secondary N) is 1. The first-order valence-corrected chi connectivity index (χ1v) is 6.22. The molecular weight excluding hydrogens is 174 g/mol. The van der Waals surface area contributed by atoms with Crippen LogP contribution in [0.15, 0.2) is 0 Å². The van der Waals surface area contributed by atoms with Crippen molar-refractivity contribution in [3.63, 3.8) is 0 Å². The van der Waals surface area contributed by atoms with E-state index in [0.29, 0.717) is 0 Å². The summed E-state index contributed by atoms with van der Waals surface area (Å²) in [6.45, 7) is 6.33. The van der Waals surface area contributed by atoms with Crippen molar-refractivity contribution < 1.29 is 4.74 Å². The van der Waals surface area contributed by atoms with Crippen LogP contribution in [0.25, 0.3) is 0 Å². The van der Waals surface area contributed by atoms with Crippen LogP contribution in [0.2, 0.25) is 0 Å². The summed E-state index contributed by atoms with van der Waals surface area (Å²) < 4.78 is 5.52. The smallest absolute Gasteiger partial charge is 0.0591 e. The third-order valence-electron chi connectivity index (χ3n) is 2.68. The molecule has 0 aromatic rings. The summed E-state index contributed by atoms with van der Waals surface area (Å²) in [5.74, 6) is 0.902. The van der Waals surface area contributed by atoms with Crippen LogP contribution in [0.1, 0.15) is 45.4 Å². The Bertz CT molecular complexity index is 123. The molecule has 0 aliphatic heterocycles. The summed E-state index contributed by atoms with van der Waals surface area (Å²) in [7, 11) is 0. The average molecular weight is 199 g/mol. The van der Waals surface area contributed by atoms with E-state index in [1.807, 2.05) is 0 Å². The van der Waals surface area contributed by atoms with Crippen LogP contribution in [-0.4, -0.2) is 26.3 Å². The molecule has 1 fully saturated rings. The highest BCUT2D eigenvalue weighted by molar-refractivity contribution is 4.71. The molecule has 0 amide bonds. The normalized spacial score (nSPS) is 16.1. The monoisotopic (exact) mass is 199 g/mol. The molecule has 2 nitrogen and oxygen atoms in total. The third-order valence-corrected chi connectivity index (χ3v) is 2.68. The van der Waals surface area contributed by atoms with Gasteiger partial charge in [0, 0.05) is 13.2 Å². The van der Waals surface area contributed by atoms with E-state index < -0.39 is 0 Å². The molecule has 1 saturated carbocycles. The fourth-order valence-corrected chi connectivity index (χ4v) is 1.48. The maximum Gasteiger partial charge on any atom is 0.0591 e. The van der Waals surface area contributed by atoms with Gasteiger partial charge in [-0.1, -0.05) is 26.2 Å². The Hall–Kier alpha value is -0.0800. The second-order valence-electron chi connectivity index (χ2n) is 4.33. The minimum Gasteiger partial charge on any atom is -0.380 e. The van der Waals surface area contributed by atoms with E-state index in [2.05, 4.69) is 12.2 Å². The molecule has 0 heterocycles. The van der Waals surface area contributed by atoms with Gasteiger partial charge in [-0.15, -0.1) is 0 Å². The average Bonchev–Trinajstić information content (AvgIpc) is 2.99. The van der Waals surface area contributed by atoms with Crippen molar-refractivity contribution in [2.45, 2.75) is 45.4 Å². The summed E-state index contributed by atoms with van der Waals surface area (Å²) in [5.41, 5.74) is 0. The van der Waals surface area contributed by atoms with E-state index in [0.717, 1.165) is 32.2 Å². The van der Waals surface area contributed by atoms with Crippen molar-refractivity contribution in [2.24, 2.45) is 5.92 Å². The van der Waals surface area contributed by atoms with E-state index in [1.165, 1.54) is 38.5 Å². The van der Waals surface area contributed by atoms with Gasteiger partial charge >= 0.3 is 0 Å². The molecule has 2 heteroatoms. The highest BCUT2D eigenvalue weighted by atomic mass is 16.5. The lowest BCUT2D eigenvalue weighted by atomic mass is 10.2. The van der Waals surface area contributed by atoms with Gasteiger partial charge in [0.15, 0.2) is 0 Å². The maximum atomic E-state index is 5.52. The quantitative estimate of drug-likeness (QED) is 0.546. The lowest BCUT2D eigenvalue weighted by Gasteiger charge is -2.05. The number of rotatable bonds is 10. The predicted molar refractivity (Wildman–Crippen MR) is 60.6 cm³/mol. The van der Waals surface area contributed by atoms with Crippen molar-refractivity contribution in [1.82, 2.24) is 5.32 Å². The topological polar surface area (TPSA) is 21.3 Å². The lowest BCUT2D eigenvalue weighted by molar-refractivity contribution is 0.126. The molecule has 0 saturated heterocycles. The van der Waals surface area contributed by atoms with E-state index >= 15 is 0 Å². The van der Waals surface area contributed by atoms with Gasteiger partial charge in [-0.2, -0.15) is 0 Å². The fourth-order valence-electron chi connectivity index (χ4n) is 1.48. The minimum atomic E-state index is 0.893. The SMILES string of the molecule is CCCCCCNCCOCC1CC1. The standard InChI is InChI=1S/C12H25NO/c1-2-3-4-5-8-13-9-10-14-11-12-6-7-12/h12-13H,2-11H2,1H3. The van der Waals surface area contributed by atoms with Crippen molar-refractivity contribution >= 4 is 0 Å². The Morgan fingerprint density at radius 1 is 1.14 bits per heavy atom. The number of hydrogen-bond acceptors (Lipinski definition) is 2. The molecule has 0 aromatic carbocycles. The van der Waals surface area contributed by atoms with Crippen LogP contribution in [0, 0.1) is 5.92 Å². The Morgan fingerprint density at radius 2 is 2.00 bits per heavy atom. The number of unbranched alkanes of at least 4 members (excludes halogenated alkanes) is 3. The molecule has 0 atom stereocenters. The third kappa shape index (κ3) is 7.34. The first kappa shape index (κ1) is 12.0. The zero-order valence-corrected chi connectivity index (χ0v) is 9.56.